The maximum atomic E-state index is 11.7. The summed E-state index contributed by atoms with van der Waals surface area (Å²) in [5.74, 6) is 0.593. The van der Waals surface area contributed by atoms with Crippen molar-refractivity contribution in [1.29, 1.82) is 0 Å². The number of hydrogen-bond acceptors (Lipinski definition) is 4. The van der Waals surface area contributed by atoms with Gasteiger partial charge in [-0.3, -0.25) is 4.90 Å². The molecule has 5 nitrogen and oxygen atoms in total. The number of carbonyl (C=O) groups excluding carboxylic acids is 1. The van der Waals surface area contributed by atoms with E-state index in [0.29, 0.717) is 12.0 Å². The maximum Gasteiger partial charge on any atom is 0.410 e. The van der Waals surface area contributed by atoms with Gasteiger partial charge in [0, 0.05) is 44.7 Å². The second kappa shape index (κ2) is 4.46. The van der Waals surface area contributed by atoms with Gasteiger partial charge in [-0.2, -0.15) is 0 Å². The largest absolute Gasteiger partial charge is 0.444 e. The van der Waals surface area contributed by atoms with Crippen LogP contribution in [0.2, 0.25) is 0 Å². The first kappa shape index (κ1) is 12.6. The van der Waals surface area contributed by atoms with Crippen LogP contribution < -0.4 is 5.73 Å². The zero-order valence-electron chi connectivity index (χ0n) is 11.0. The Hall–Kier alpha value is -0.810. The van der Waals surface area contributed by atoms with Crippen LogP contribution in [-0.2, 0) is 4.74 Å². The molecule has 2 heterocycles. The molecule has 2 aliphatic heterocycles. The Balaban J connectivity index is 1.63. The second-order valence-corrected chi connectivity index (χ2v) is 6.23. The minimum Gasteiger partial charge on any atom is -0.444 e. The molecule has 2 fully saturated rings. The molecule has 2 rings (SSSR count). The molecule has 17 heavy (non-hydrogen) atoms. The summed E-state index contributed by atoms with van der Waals surface area (Å²) in [6.45, 7) is 10.4. The highest BCUT2D eigenvalue weighted by molar-refractivity contribution is 5.69. The van der Waals surface area contributed by atoms with E-state index in [1.54, 1.807) is 4.90 Å². The van der Waals surface area contributed by atoms with E-state index in [2.05, 4.69) is 4.90 Å². The van der Waals surface area contributed by atoms with Gasteiger partial charge in [0.25, 0.3) is 0 Å². The van der Waals surface area contributed by atoms with Crippen molar-refractivity contribution < 1.29 is 9.53 Å². The van der Waals surface area contributed by atoms with E-state index in [0.717, 1.165) is 32.7 Å². The molecule has 0 spiro atoms. The van der Waals surface area contributed by atoms with E-state index in [1.807, 2.05) is 20.8 Å². The molecule has 0 bridgehead atoms. The summed E-state index contributed by atoms with van der Waals surface area (Å²) < 4.78 is 5.31. The third-order valence-electron chi connectivity index (χ3n) is 3.11. The third-order valence-corrected chi connectivity index (χ3v) is 3.11. The highest BCUT2D eigenvalue weighted by atomic mass is 16.6. The van der Waals surface area contributed by atoms with Crippen molar-refractivity contribution in [1.82, 2.24) is 9.80 Å². The zero-order valence-corrected chi connectivity index (χ0v) is 11.0. The van der Waals surface area contributed by atoms with Crippen molar-refractivity contribution in [3.63, 3.8) is 0 Å². The number of ether oxygens (including phenoxy) is 1. The zero-order chi connectivity index (χ0) is 12.6. The van der Waals surface area contributed by atoms with Crippen molar-refractivity contribution in [2.24, 2.45) is 11.7 Å². The molecular formula is C12H23N3O2. The number of rotatable bonds is 2. The Bertz CT molecular complexity index is 289. The Morgan fingerprint density at radius 2 is 1.88 bits per heavy atom. The van der Waals surface area contributed by atoms with Gasteiger partial charge in [0.05, 0.1) is 0 Å². The van der Waals surface area contributed by atoms with Gasteiger partial charge in [-0.15, -0.1) is 0 Å². The lowest BCUT2D eigenvalue weighted by molar-refractivity contribution is -0.0114. The highest BCUT2D eigenvalue weighted by Crippen LogP contribution is 2.21. The van der Waals surface area contributed by atoms with Crippen LogP contribution in [0.4, 0.5) is 4.79 Å². The molecule has 2 saturated heterocycles. The Morgan fingerprint density at radius 1 is 1.29 bits per heavy atom. The van der Waals surface area contributed by atoms with Gasteiger partial charge in [0.2, 0.25) is 0 Å². The van der Waals surface area contributed by atoms with E-state index < -0.39 is 5.60 Å². The number of likely N-dealkylation sites (tertiary alicyclic amines) is 2. The van der Waals surface area contributed by atoms with Crippen LogP contribution in [0, 0.1) is 5.92 Å². The molecule has 0 aromatic rings. The lowest BCUT2D eigenvalue weighted by Gasteiger charge is -2.45. The molecule has 1 amide bonds. The van der Waals surface area contributed by atoms with Gasteiger partial charge in [-0.05, 0) is 20.8 Å². The maximum absolute atomic E-state index is 11.7. The summed E-state index contributed by atoms with van der Waals surface area (Å²) in [6, 6.07) is 0.358. The first-order chi connectivity index (χ1) is 7.83. The summed E-state index contributed by atoms with van der Waals surface area (Å²) in [7, 11) is 0. The van der Waals surface area contributed by atoms with E-state index in [-0.39, 0.29) is 6.09 Å². The van der Waals surface area contributed by atoms with Crippen molar-refractivity contribution in [2.45, 2.75) is 32.4 Å². The summed E-state index contributed by atoms with van der Waals surface area (Å²) in [5.41, 5.74) is 5.33. The fraction of sp³-hybridized carbons (Fsp3) is 0.917. The van der Waals surface area contributed by atoms with Crippen LogP contribution in [-0.4, -0.2) is 60.3 Å². The molecular weight excluding hydrogens is 218 g/mol. The van der Waals surface area contributed by atoms with Crippen LogP contribution in [0.5, 0.6) is 0 Å². The van der Waals surface area contributed by atoms with Gasteiger partial charge < -0.3 is 15.4 Å². The smallest absolute Gasteiger partial charge is 0.410 e. The van der Waals surface area contributed by atoms with E-state index >= 15 is 0 Å². The van der Waals surface area contributed by atoms with Gasteiger partial charge >= 0.3 is 6.09 Å². The lowest BCUT2D eigenvalue weighted by Crippen LogP contribution is -2.61. The second-order valence-electron chi connectivity index (χ2n) is 6.23. The minimum absolute atomic E-state index is 0.186. The van der Waals surface area contributed by atoms with Crippen molar-refractivity contribution in [3.05, 3.63) is 0 Å². The highest BCUT2D eigenvalue weighted by Gasteiger charge is 2.36. The summed E-state index contributed by atoms with van der Waals surface area (Å²) >= 11 is 0. The SMILES string of the molecule is CC(C)(C)OC(=O)N1CC(CN2CC(N)C2)C1. The minimum atomic E-state index is -0.396. The molecule has 0 unspecified atom stereocenters. The molecule has 0 radical (unpaired) electrons. The van der Waals surface area contributed by atoms with E-state index in [4.69, 9.17) is 10.5 Å². The average Bonchev–Trinajstić information content (AvgIpc) is 2.02. The molecule has 2 aliphatic rings. The summed E-state index contributed by atoms with van der Waals surface area (Å²) in [4.78, 5) is 15.8. The van der Waals surface area contributed by atoms with Gasteiger partial charge in [0.1, 0.15) is 5.60 Å². The predicted molar refractivity (Wildman–Crippen MR) is 65.7 cm³/mol. The van der Waals surface area contributed by atoms with Crippen LogP contribution in [0.15, 0.2) is 0 Å². The number of amides is 1. The summed E-state index contributed by atoms with van der Waals surface area (Å²) in [5, 5.41) is 0. The summed E-state index contributed by atoms with van der Waals surface area (Å²) in [6.07, 6.45) is -0.186. The number of hydrogen-bond donors (Lipinski definition) is 1. The average molecular weight is 241 g/mol. The predicted octanol–water partition coefficient (Wildman–Crippen LogP) is 0.496. The fourth-order valence-corrected chi connectivity index (χ4v) is 2.28. The monoisotopic (exact) mass is 241 g/mol. The standard InChI is InChI=1S/C12H23N3O2/c1-12(2,3)17-11(16)15-5-9(6-15)4-14-7-10(13)8-14/h9-10H,4-8,13H2,1-3H3. The quantitative estimate of drug-likeness (QED) is 0.764. The van der Waals surface area contributed by atoms with Crippen LogP contribution >= 0.6 is 0 Å². The number of nitrogens with two attached hydrogens (primary N) is 1. The normalized spacial score (nSPS) is 23.2. The van der Waals surface area contributed by atoms with Gasteiger partial charge in [-0.25, -0.2) is 4.79 Å². The molecule has 98 valence electrons. The lowest BCUT2D eigenvalue weighted by atomic mass is 9.97. The van der Waals surface area contributed by atoms with Crippen molar-refractivity contribution in [2.75, 3.05) is 32.7 Å². The van der Waals surface area contributed by atoms with Crippen molar-refractivity contribution in [3.8, 4) is 0 Å². The molecule has 5 heteroatoms. The molecule has 0 aromatic heterocycles. The third kappa shape index (κ3) is 3.33. The molecule has 0 saturated carbocycles. The molecule has 2 N–H and O–H groups in total. The van der Waals surface area contributed by atoms with Crippen molar-refractivity contribution >= 4 is 6.09 Å². The Morgan fingerprint density at radius 3 is 2.35 bits per heavy atom. The van der Waals surface area contributed by atoms with Gasteiger partial charge in [0.15, 0.2) is 0 Å². The molecule has 0 aliphatic carbocycles. The van der Waals surface area contributed by atoms with E-state index in [1.165, 1.54) is 0 Å². The Labute approximate surface area is 103 Å². The Kier molecular flexibility index (Phi) is 3.32. The fourth-order valence-electron chi connectivity index (χ4n) is 2.28. The van der Waals surface area contributed by atoms with Crippen LogP contribution in [0.25, 0.3) is 0 Å². The first-order valence-corrected chi connectivity index (χ1v) is 6.29. The van der Waals surface area contributed by atoms with Crippen LogP contribution in [0.3, 0.4) is 0 Å². The van der Waals surface area contributed by atoms with E-state index in [9.17, 15) is 4.79 Å². The van der Waals surface area contributed by atoms with Crippen LogP contribution in [0.1, 0.15) is 20.8 Å². The topological polar surface area (TPSA) is 58.8 Å². The molecule has 0 aromatic carbocycles. The first-order valence-electron chi connectivity index (χ1n) is 6.29. The molecule has 0 atom stereocenters. The number of nitrogens with zero attached hydrogens (tertiary/aromatic N) is 2. The number of carbonyl (C=O) groups is 1. The van der Waals surface area contributed by atoms with Gasteiger partial charge in [-0.1, -0.05) is 0 Å².